The summed E-state index contributed by atoms with van der Waals surface area (Å²) in [6.45, 7) is -0.498. The molecule has 148 valence electrons. The summed E-state index contributed by atoms with van der Waals surface area (Å²) in [5.41, 5.74) is 1.54. The van der Waals surface area contributed by atoms with E-state index in [4.69, 9.17) is 4.74 Å². The van der Waals surface area contributed by atoms with Crippen molar-refractivity contribution in [3.8, 4) is 0 Å². The van der Waals surface area contributed by atoms with Crippen molar-refractivity contribution >= 4 is 39.9 Å². The van der Waals surface area contributed by atoms with Gasteiger partial charge in [-0.1, -0.05) is 6.07 Å². The largest absolute Gasteiger partial charge is 0.457 e. The number of H-pyrrole nitrogens is 1. The molecule has 1 heterocycles. The molecule has 9 nitrogen and oxygen atoms in total. The zero-order chi connectivity index (χ0) is 20.8. The van der Waals surface area contributed by atoms with Crippen LogP contribution in [-0.4, -0.2) is 34.2 Å². The van der Waals surface area contributed by atoms with E-state index in [0.29, 0.717) is 5.69 Å². The van der Waals surface area contributed by atoms with Crippen LogP contribution >= 0.6 is 0 Å². The molecule has 3 aromatic rings. The fraction of sp³-hybridized carbons (Fsp3) is 0.150. The first-order valence-electron chi connectivity index (χ1n) is 8.72. The van der Waals surface area contributed by atoms with Gasteiger partial charge in [-0.3, -0.25) is 24.5 Å². The molecule has 0 fully saturated rings. The first-order chi connectivity index (χ1) is 13.9. The Labute approximate surface area is 164 Å². The van der Waals surface area contributed by atoms with Crippen molar-refractivity contribution in [2.45, 2.75) is 12.8 Å². The lowest BCUT2D eigenvalue weighted by molar-refractivity contribution is -0.384. The maximum absolute atomic E-state index is 12.0. The van der Waals surface area contributed by atoms with E-state index in [9.17, 15) is 24.5 Å². The van der Waals surface area contributed by atoms with Gasteiger partial charge in [0.15, 0.2) is 12.4 Å². The Morgan fingerprint density at radius 1 is 1.03 bits per heavy atom. The molecule has 0 aliphatic heterocycles. The predicted octanol–water partition coefficient (Wildman–Crippen LogP) is 3.22. The average Bonchev–Trinajstić information content (AvgIpc) is 3.18. The van der Waals surface area contributed by atoms with E-state index in [2.05, 4.69) is 10.3 Å². The molecule has 0 aliphatic rings. The molecule has 0 atom stereocenters. The number of nitro groups is 1. The summed E-state index contributed by atoms with van der Waals surface area (Å²) < 4.78 is 4.88. The van der Waals surface area contributed by atoms with E-state index < -0.39 is 23.3 Å². The van der Waals surface area contributed by atoms with Gasteiger partial charge in [0, 0.05) is 41.5 Å². The molecule has 2 aromatic carbocycles. The number of esters is 1. The number of carbonyl (C=O) groups is 3. The molecule has 0 aliphatic carbocycles. The number of non-ortho nitro benzene ring substituents is 1. The molecule has 0 saturated heterocycles. The van der Waals surface area contributed by atoms with Gasteiger partial charge in [-0.25, -0.2) is 0 Å². The first kappa shape index (κ1) is 19.7. The maximum Gasteiger partial charge on any atom is 0.306 e. The molecule has 9 heteroatoms. The van der Waals surface area contributed by atoms with Crippen LogP contribution in [0.2, 0.25) is 0 Å². The van der Waals surface area contributed by atoms with Crippen LogP contribution in [0.1, 0.15) is 23.2 Å². The number of nitro benzene ring substituents is 1. The van der Waals surface area contributed by atoms with E-state index in [0.717, 1.165) is 10.9 Å². The number of ether oxygens (including phenoxy) is 1. The van der Waals surface area contributed by atoms with Gasteiger partial charge < -0.3 is 15.0 Å². The van der Waals surface area contributed by atoms with Gasteiger partial charge in [0.1, 0.15) is 0 Å². The summed E-state index contributed by atoms with van der Waals surface area (Å²) >= 11 is 0. The fourth-order valence-corrected chi connectivity index (χ4v) is 2.64. The Balaban J connectivity index is 1.42. The van der Waals surface area contributed by atoms with Gasteiger partial charge in [0.25, 0.3) is 5.69 Å². The molecule has 29 heavy (non-hydrogen) atoms. The average molecular weight is 395 g/mol. The second-order valence-corrected chi connectivity index (χ2v) is 6.22. The number of nitrogens with one attached hydrogen (secondary N) is 2. The number of benzene rings is 2. The van der Waals surface area contributed by atoms with Gasteiger partial charge in [-0.05, 0) is 35.7 Å². The molecular weight excluding hydrogens is 378 g/mol. The van der Waals surface area contributed by atoms with E-state index in [1.165, 1.54) is 24.3 Å². The standard InChI is InChI=1S/C20H17N3O6/c24-18(14-2-5-16(6-3-14)23(27)28)12-29-20(26)8-7-19(25)22-15-4-1-13-9-10-21-17(13)11-15/h1-6,9-11,21H,7-8,12H2,(H,22,25). The Bertz CT molecular complexity index is 1070. The SMILES string of the molecule is O=C(CCC(=O)OCC(=O)c1ccc([N+](=O)[O-])cc1)Nc1ccc2cc[nH]c2c1. The number of aromatic nitrogens is 1. The van der Waals surface area contributed by atoms with Crippen LogP contribution in [0.15, 0.2) is 54.7 Å². The molecule has 0 unspecified atom stereocenters. The minimum Gasteiger partial charge on any atom is -0.457 e. The highest BCUT2D eigenvalue weighted by Crippen LogP contribution is 2.18. The normalized spacial score (nSPS) is 10.5. The van der Waals surface area contributed by atoms with E-state index in [-0.39, 0.29) is 30.0 Å². The molecule has 0 bridgehead atoms. The third-order valence-electron chi connectivity index (χ3n) is 4.16. The van der Waals surface area contributed by atoms with Crippen LogP contribution < -0.4 is 5.32 Å². The van der Waals surface area contributed by atoms with Crippen LogP contribution in [0.25, 0.3) is 10.9 Å². The van der Waals surface area contributed by atoms with E-state index in [1.54, 1.807) is 18.3 Å². The third-order valence-corrected chi connectivity index (χ3v) is 4.16. The molecule has 0 saturated carbocycles. The maximum atomic E-state index is 12.0. The zero-order valence-electron chi connectivity index (χ0n) is 15.2. The molecule has 1 aromatic heterocycles. The summed E-state index contributed by atoms with van der Waals surface area (Å²) in [5, 5.41) is 14.3. The van der Waals surface area contributed by atoms with Gasteiger partial charge >= 0.3 is 5.97 Å². The van der Waals surface area contributed by atoms with Crippen molar-refractivity contribution in [2.75, 3.05) is 11.9 Å². The Hall–Kier alpha value is -4.01. The smallest absolute Gasteiger partial charge is 0.306 e. The van der Waals surface area contributed by atoms with Crippen molar-refractivity contribution in [2.24, 2.45) is 0 Å². The Kier molecular flexibility index (Phi) is 5.98. The summed E-state index contributed by atoms with van der Waals surface area (Å²) in [4.78, 5) is 48.8. The van der Waals surface area contributed by atoms with Crippen LogP contribution in [0.5, 0.6) is 0 Å². The lowest BCUT2D eigenvalue weighted by atomic mass is 10.1. The molecule has 0 radical (unpaired) electrons. The predicted molar refractivity (Wildman–Crippen MR) is 105 cm³/mol. The zero-order valence-corrected chi connectivity index (χ0v) is 15.2. The highest BCUT2D eigenvalue weighted by Gasteiger charge is 2.13. The molecule has 1 amide bonds. The Morgan fingerprint density at radius 2 is 1.79 bits per heavy atom. The molecule has 2 N–H and O–H groups in total. The van der Waals surface area contributed by atoms with Crippen molar-refractivity contribution in [1.29, 1.82) is 0 Å². The number of fused-ring (bicyclic) bond motifs is 1. The number of aromatic amines is 1. The number of nitrogens with zero attached hydrogens (tertiary/aromatic N) is 1. The first-order valence-corrected chi connectivity index (χ1v) is 8.72. The summed E-state index contributed by atoms with van der Waals surface area (Å²) in [7, 11) is 0. The molecular formula is C20H17N3O6. The van der Waals surface area contributed by atoms with Gasteiger partial charge in [-0.2, -0.15) is 0 Å². The summed E-state index contributed by atoms with van der Waals surface area (Å²) in [6, 6.07) is 12.3. The number of anilines is 1. The van der Waals surface area contributed by atoms with Gasteiger partial charge in [-0.15, -0.1) is 0 Å². The highest BCUT2D eigenvalue weighted by atomic mass is 16.6. The van der Waals surface area contributed by atoms with Gasteiger partial charge in [0.2, 0.25) is 5.91 Å². The topological polar surface area (TPSA) is 131 Å². The van der Waals surface area contributed by atoms with Crippen molar-refractivity contribution in [1.82, 2.24) is 4.98 Å². The monoisotopic (exact) mass is 395 g/mol. The summed E-state index contributed by atoms with van der Waals surface area (Å²) in [5.74, 6) is -1.53. The Morgan fingerprint density at radius 3 is 2.52 bits per heavy atom. The number of ketones is 1. The van der Waals surface area contributed by atoms with E-state index in [1.807, 2.05) is 12.1 Å². The minimum atomic E-state index is -0.685. The van der Waals surface area contributed by atoms with Crippen LogP contribution in [0.3, 0.4) is 0 Å². The lowest BCUT2D eigenvalue weighted by Crippen LogP contribution is -2.17. The fourth-order valence-electron chi connectivity index (χ4n) is 2.64. The number of Topliss-reactive ketones (excluding diaryl/α,β-unsaturated/α-hetero) is 1. The lowest BCUT2D eigenvalue weighted by Gasteiger charge is -2.06. The number of hydrogen-bond acceptors (Lipinski definition) is 6. The second kappa shape index (κ2) is 8.79. The van der Waals surface area contributed by atoms with Gasteiger partial charge in [0.05, 0.1) is 11.3 Å². The quantitative estimate of drug-likeness (QED) is 0.260. The van der Waals surface area contributed by atoms with Crippen LogP contribution in [0.4, 0.5) is 11.4 Å². The number of rotatable bonds is 8. The van der Waals surface area contributed by atoms with Crippen LogP contribution in [0, 0.1) is 10.1 Å². The summed E-state index contributed by atoms with van der Waals surface area (Å²) in [6.07, 6.45) is 1.53. The van der Waals surface area contributed by atoms with Crippen molar-refractivity contribution in [3.63, 3.8) is 0 Å². The van der Waals surface area contributed by atoms with Crippen LogP contribution in [-0.2, 0) is 14.3 Å². The molecule has 3 rings (SSSR count). The number of hydrogen-bond donors (Lipinski definition) is 2. The number of carbonyl (C=O) groups excluding carboxylic acids is 3. The minimum absolute atomic E-state index is 0.0900. The second-order valence-electron chi connectivity index (χ2n) is 6.22. The van der Waals surface area contributed by atoms with E-state index >= 15 is 0 Å². The van der Waals surface area contributed by atoms with Crippen molar-refractivity contribution in [3.05, 3.63) is 70.4 Å². The highest BCUT2D eigenvalue weighted by molar-refractivity contribution is 5.98. The molecule has 0 spiro atoms. The number of amides is 1. The van der Waals surface area contributed by atoms with Crippen molar-refractivity contribution < 1.29 is 24.0 Å². The third kappa shape index (κ3) is 5.25.